The highest BCUT2D eigenvalue weighted by Crippen LogP contribution is 2.25. The molecule has 0 saturated carbocycles. The lowest BCUT2D eigenvalue weighted by molar-refractivity contribution is -0.122. The second-order valence-electron chi connectivity index (χ2n) is 7.53. The Bertz CT molecular complexity index is 896. The molecule has 2 rings (SSSR count). The van der Waals surface area contributed by atoms with Gasteiger partial charge in [0.15, 0.2) is 0 Å². The maximum Gasteiger partial charge on any atom is 0.244 e. The highest BCUT2D eigenvalue weighted by atomic mass is 32.2. The first kappa shape index (κ1) is 22.7. The van der Waals surface area contributed by atoms with Gasteiger partial charge in [0.2, 0.25) is 15.9 Å². The fourth-order valence-electron chi connectivity index (χ4n) is 3.27. The smallest absolute Gasteiger partial charge is 0.244 e. The molecule has 0 aliphatic carbocycles. The number of benzene rings is 2. The molecule has 2 atom stereocenters. The van der Waals surface area contributed by atoms with Crippen LogP contribution in [-0.2, 0) is 14.8 Å². The minimum absolute atomic E-state index is 0.191. The average molecular weight is 419 g/mol. The minimum atomic E-state index is -3.67. The summed E-state index contributed by atoms with van der Waals surface area (Å²) in [5.74, 6) is 0.629. The van der Waals surface area contributed by atoms with E-state index in [4.69, 9.17) is 4.74 Å². The number of carbonyl (C=O) groups excluding carboxylic acids is 1. The Morgan fingerprint density at radius 2 is 1.62 bits per heavy atom. The van der Waals surface area contributed by atoms with Crippen LogP contribution in [-0.4, -0.2) is 33.7 Å². The average Bonchev–Trinajstić information content (AvgIpc) is 2.67. The summed E-state index contributed by atoms with van der Waals surface area (Å²) in [6, 6.07) is 15.2. The summed E-state index contributed by atoms with van der Waals surface area (Å²) in [4.78, 5) is 13.1. The van der Waals surface area contributed by atoms with Crippen LogP contribution in [0.2, 0.25) is 0 Å². The van der Waals surface area contributed by atoms with Gasteiger partial charge in [0.05, 0.1) is 25.1 Å². The maximum absolute atomic E-state index is 13.1. The van der Waals surface area contributed by atoms with Crippen molar-refractivity contribution < 1.29 is 17.9 Å². The summed E-state index contributed by atoms with van der Waals surface area (Å²) >= 11 is 0. The van der Waals surface area contributed by atoms with Crippen LogP contribution in [0.5, 0.6) is 5.75 Å². The number of hydrogen-bond acceptors (Lipinski definition) is 4. The van der Waals surface area contributed by atoms with Crippen molar-refractivity contribution in [2.75, 3.05) is 17.7 Å². The predicted octanol–water partition coefficient (Wildman–Crippen LogP) is 3.75. The van der Waals surface area contributed by atoms with E-state index in [0.29, 0.717) is 17.4 Å². The highest BCUT2D eigenvalue weighted by Gasteiger charge is 2.30. The van der Waals surface area contributed by atoms with Crippen molar-refractivity contribution in [1.29, 1.82) is 0 Å². The van der Waals surface area contributed by atoms with Gasteiger partial charge in [-0.3, -0.25) is 9.10 Å². The predicted molar refractivity (Wildman–Crippen MR) is 117 cm³/mol. The van der Waals surface area contributed by atoms with Crippen LogP contribution < -0.4 is 14.4 Å². The van der Waals surface area contributed by atoms with Crippen molar-refractivity contribution in [2.24, 2.45) is 5.92 Å². The molecule has 0 radical (unpaired) electrons. The fraction of sp³-hybridized carbons (Fsp3) is 0.409. The van der Waals surface area contributed by atoms with Gasteiger partial charge in [-0.1, -0.05) is 44.2 Å². The quantitative estimate of drug-likeness (QED) is 0.673. The van der Waals surface area contributed by atoms with Gasteiger partial charge in [0.25, 0.3) is 0 Å². The zero-order chi connectivity index (χ0) is 21.6. The number of ether oxygens (including phenoxy) is 1. The van der Waals surface area contributed by atoms with Crippen LogP contribution in [0.4, 0.5) is 5.69 Å². The van der Waals surface area contributed by atoms with Crippen LogP contribution >= 0.6 is 0 Å². The lowest BCUT2D eigenvalue weighted by atomic mass is 9.96. The summed E-state index contributed by atoms with van der Waals surface area (Å²) in [6.45, 7) is 5.77. The summed E-state index contributed by atoms with van der Waals surface area (Å²) in [5, 5.41) is 3.04. The van der Waals surface area contributed by atoms with E-state index in [2.05, 4.69) is 19.2 Å². The molecule has 0 heterocycles. The minimum Gasteiger partial charge on any atom is -0.497 e. The summed E-state index contributed by atoms with van der Waals surface area (Å²) in [6.07, 6.45) is 1.85. The standard InChI is InChI=1S/C22H30N2O4S/c1-16(2)15-21(18-9-7-6-8-10-18)23-22(25)17(3)24(29(5,26)27)19-11-13-20(28-4)14-12-19/h6-14,16-17,21H,15H2,1-5H3,(H,23,25)/t17-,21-/m1/s1. The van der Waals surface area contributed by atoms with Crippen LogP contribution in [0, 0.1) is 5.92 Å². The summed E-state index contributed by atoms with van der Waals surface area (Å²) < 4.78 is 31.2. The maximum atomic E-state index is 13.1. The van der Waals surface area contributed by atoms with Crippen molar-refractivity contribution in [2.45, 2.75) is 39.3 Å². The van der Waals surface area contributed by atoms with Crippen molar-refractivity contribution in [3.05, 3.63) is 60.2 Å². The van der Waals surface area contributed by atoms with Gasteiger partial charge in [0, 0.05) is 0 Å². The molecule has 0 fully saturated rings. The Labute approximate surface area is 173 Å². The Kier molecular flexibility index (Phi) is 7.67. The van der Waals surface area contributed by atoms with E-state index in [0.717, 1.165) is 22.5 Å². The molecule has 0 unspecified atom stereocenters. The SMILES string of the molecule is COc1ccc(N([C@H](C)C(=O)N[C@H](CC(C)C)c2ccccc2)S(C)(=O)=O)cc1. The van der Waals surface area contributed by atoms with E-state index in [1.54, 1.807) is 31.2 Å². The molecule has 0 aliphatic heterocycles. The van der Waals surface area contributed by atoms with Crippen LogP contribution in [0.3, 0.4) is 0 Å². The van der Waals surface area contributed by atoms with Gasteiger partial charge in [-0.15, -0.1) is 0 Å². The largest absolute Gasteiger partial charge is 0.497 e. The molecule has 29 heavy (non-hydrogen) atoms. The van der Waals surface area contributed by atoms with Crippen LogP contribution in [0.1, 0.15) is 38.8 Å². The van der Waals surface area contributed by atoms with E-state index in [-0.39, 0.29) is 11.9 Å². The lowest BCUT2D eigenvalue weighted by Gasteiger charge is -2.30. The number of hydrogen-bond donors (Lipinski definition) is 1. The highest BCUT2D eigenvalue weighted by molar-refractivity contribution is 7.92. The van der Waals surface area contributed by atoms with Crippen molar-refractivity contribution >= 4 is 21.6 Å². The molecule has 6 nitrogen and oxygen atoms in total. The second-order valence-corrected chi connectivity index (χ2v) is 9.39. The van der Waals surface area contributed by atoms with E-state index < -0.39 is 16.1 Å². The summed E-state index contributed by atoms with van der Waals surface area (Å²) in [7, 11) is -2.13. The van der Waals surface area contributed by atoms with E-state index in [1.165, 1.54) is 7.11 Å². The summed E-state index contributed by atoms with van der Waals surface area (Å²) in [5.41, 5.74) is 1.41. The molecule has 1 amide bonds. The van der Waals surface area contributed by atoms with Gasteiger partial charge >= 0.3 is 0 Å². The third-order valence-electron chi connectivity index (χ3n) is 4.64. The van der Waals surface area contributed by atoms with Gasteiger partial charge in [-0.05, 0) is 49.1 Å². The molecule has 1 N–H and O–H groups in total. The van der Waals surface area contributed by atoms with Gasteiger partial charge in [-0.2, -0.15) is 0 Å². The number of methoxy groups -OCH3 is 1. The number of nitrogens with one attached hydrogen (secondary N) is 1. The molecule has 7 heteroatoms. The molecule has 2 aromatic carbocycles. The van der Waals surface area contributed by atoms with Gasteiger partial charge < -0.3 is 10.1 Å². The third kappa shape index (κ3) is 6.22. The first-order valence-electron chi connectivity index (χ1n) is 9.62. The van der Waals surface area contributed by atoms with Gasteiger partial charge in [0.1, 0.15) is 11.8 Å². The van der Waals surface area contributed by atoms with Crippen molar-refractivity contribution in [1.82, 2.24) is 5.32 Å². The van der Waals surface area contributed by atoms with Crippen molar-refractivity contribution in [3.8, 4) is 5.75 Å². The Morgan fingerprint density at radius 3 is 2.10 bits per heavy atom. The van der Waals surface area contributed by atoms with Crippen molar-refractivity contribution in [3.63, 3.8) is 0 Å². The molecule has 0 aromatic heterocycles. The Morgan fingerprint density at radius 1 is 1.03 bits per heavy atom. The molecular formula is C22H30N2O4S. The second kappa shape index (κ2) is 9.78. The zero-order valence-electron chi connectivity index (χ0n) is 17.6. The lowest BCUT2D eigenvalue weighted by Crippen LogP contribution is -2.48. The number of nitrogens with zero attached hydrogens (tertiary/aromatic N) is 1. The molecular weight excluding hydrogens is 388 g/mol. The van der Waals surface area contributed by atoms with E-state index >= 15 is 0 Å². The first-order chi connectivity index (χ1) is 13.6. The topological polar surface area (TPSA) is 75.7 Å². The first-order valence-corrected chi connectivity index (χ1v) is 11.5. The van der Waals surface area contributed by atoms with E-state index in [1.807, 2.05) is 30.3 Å². The molecule has 0 saturated heterocycles. The Balaban J connectivity index is 2.29. The van der Waals surface area contributed by atoms with Crippen LogP contribution in [0.15, 0.2) is 54.6 Å². The number of sulfonamides is 1. The Hall–Kier alpha value is -2.54. The van der Waals surface area contributed by atoms with Gasteiger partial charge in [-0.25, -0.2) is 8.42 Å². The van der Waals surface area contributed by atoms with Crippen LogP contribution in [0.25, 0.3) is 0 Å². The number of rotatable bonds is 9. The molecule has 0 aliphatic rings. The fourth-order valence-corrected chi connectivity index (χ4v) is 4.44. The number of carbonyl (C=O) groups is 1. The molecule has 158 valence electrons. The molecule has 0 bridgehead atoms. The number of amides is 1. The molecule has 0 spiro atoms. The molecule has 2 aromatic rings. The number of anilines is 1. The zero-order valence-corrected chi connectivity index (χ0v) is 18.4. The monoisotopic (exact) mass is 418 g/mol. The third-order valence-corrected chi connectivity index (χ3v) is 5.88. The van der Waals surface area contributed by atoms with E-state index in [9.17, 15) is 13.2 Å². The normalized spacial score (nSPS) is 13.6.